The number of fused-ring (bicyclic) bond motifs is 1. The molecule has 1 amide bonds. The van der Waals surface area contributed by atoms with E-state index in [1.54, 1.807) is 0 Å². The molecule has 8 heteroatoms. The van der Waals surface area contributed by atoms with E-state index in [9.17, 15) is 9.59 Å². The van der Waals surface area contributed by atoms with Crippen LogP contribution in [-0.2, 0) is 11.3 Å². The molecule has 1 aliphatic heterocycles. The van der Waals surface area contributed by atoms with Crippen LogP contribution in [0.5, 0.6) is 0 Å². The molecule has 8 nitrogen and oxygen atoms in total. The lowest BCUT2D eigenvalue weighted by Crippen LogP contribution is -2.40. The van der Waals surface area contributed by atoms with Gasteiger partial charge >= 0.3 is 5.76 Å². The summed E-state index contributed by atoms with van der Waals surface area (Å²) < 4.78 is 7.01. The first-order valence-electron chi connectivity index (χ1n) is 14.7. The first-order chi connectivity index (χ1) is 19.5. The van der Waals surface area contributed by atoms with Crippen LogP contribution in [0.1, 0.15) is 56.4 Å². The average molecular weight is 542 g/mol. The van der Waals surface area contributed by atoms with Crippen LogP contribution >= 0.6 is 0 Å². The number of nitrogens with one attached hydrogen (secondary N) is 1. The number of nitrogens with zero attached hydrogens (tertiary/aromatic N) is 4. The normalized spacial score (nSPS) is 18.8. The van der Waals surface area contributed by atoms with Crippen LogP contribution in [-0.4, -0.2) is 64.1 Å². The molecule has 4 aromatic rings. The smallest absolute Gasteiger partial charge is 0.344 e. The largest absolute Gasteiger partial charge is 0.439 e. The van der Waals surface area contributed by atoms with Crippen molar-refractivity contribution in [2.75, 3.05) is 33.7 Å². The second-order valence-electron chi connectivity index (χ2n) is 11.8. The van der Waals surface area contributed by atoms with Gasteiger partial charge in [0.1, 0.15) is 6.54 Å². The zero-order valence-corrected chi connectivity index (χ0v) is 23.6. The standard InChI is InChI=1S/C32H39N5O3/c1-35-17-9-10-22(19-35)20-36(2)28(38)21-37-27-18-25(31-33-32(39)40-34-31)15-16-26(27)29(23-11-5-3-6-12-23)30(37)24-13-7-4-8-14-24/h4,7-8,13-16,18,22-23H,3,5-6,9-12,17,19-21H2,1-2H3,(H,33,34,39). The number of likely N-dealkylation sites (tertiary alicyclic amines) is 1. The molecule has 210 valence electrons. The van der Waals surface area contributed by atoms with Gasteiger partial charge in [-0.1, -0.05) is 66.9 Å². The van der Waals surface area contributed by atoms with Gasteiger partial charge in [0.2, 0.25) is 5.91 Å². The molecule has 40 heavy (non-hydrogen) atoms. The van der Waals surface area contributed by atoms with Crippen molar-refractivity contribution in [3.8, 4) is 22.6 Å². The lowest BCUT2D eigenvalue weighted by Gasteiger charge is -2.32. The third kappa shape index (κ3) is 5.37. The Morgan fingerprint density at radius 3 is 2.58 bits per heavy atom. The highest BCUT2D eigenvalue weighted by molar-refractivity contribution is 5.96. The zero-order chi connectivity index (χ0) is 27.6. The third-order valence-electron chi connectivity index (χ3n) is 8.85. The van der Waals surface area contributed by atoms with Crippen LogP contribution in [0.3, 0.4) is 0 Å². The Kier molecular flexibility index (Phi) is 7.61. The van der Waals surface area contributed by atoms with E-state index < -0.39 is 5.76 Å². The van der Waals surface area contributed by atoms with Crippen molar-refractivity contribution in [3.63, 3.8) is 0 Å². The van der Waals surface area contributed by atoms with Crippen LogP contribution in [0.2, 0.25) is 0 Å². The molecule has 0 bridgehead atoms. The predicted molar refractivity (Wildman–Crippen MR) is 157 cm³/mol. The van der Waals surface area contributed by atoms with Crippen molar-refractivity contribution in [1.82, 2.24) is 24.5 Å². The fraction of sp³-hybridized carbons (Fsp3) is 0.469. The summed E-state index contributed by atoms with van der Waals surface area (Å²) >= 11 is 0. The van der Waals surface area contributed by atoms with Crippen LogP contribution in [0.15, 0.2) is 57.8 Å². The molecular weight excluding hydrogens is 502 g/mol. The minimum Gasteiger partial charge on any atom is -0.344 e. The van der Waals surface area contributed by atoms with Crippen molar-refractivity contribution in [3.05, 3.63) is 64.6 Å². The summed E-state index contributed by atoms with van der Waals surface area (Å²) in [4.78, 5) is 32.5. The van der Waals surface area contributed by atoms with Crippen LogP contribution in [0, 0.1) is 5.92 Å². The van der Waals surface area contributed by atoms with Gasteiger partial charge in [-0.3, -0.25) is 14.3 Å². The minimum atomic E-state index is -0.580. The fourth-order valence-electron chi connectivity index (χ4n) is 6.92. The van der Waals surface area contributed by atoms with Crippen LogP contribution in [0.25, 0.3) is 33.5 Å². The molecule has 1 N–H and O–H groups in total. The van der Waals surface area contributed by atoms with Crippen molar-refractivity contribution < 1.29 is 9.32 Å². The summed E-state index contributed by atoms with van der Waals surface area (Å²) in [6.45, 7) is 3.19. The molecule has 2 aliphatic rings. The first-order valence-corrected chi connectivity index (χ1v) is 14.7. The van der Waals surface area contributed by atoms with Gasteiger partial charge in [-0.25, -0.2) is 4.79 Å². The van der Waals surface area contributed by atoms with Crippen LogP contribution < -0.4 is 5.76 Å². The molecule has 1 saturated heterocycles. The number of rotatable bonds is 7. The second-order valence-corrected chi connectivity index (χ2v) is 11.8. The van der Waals surface area contributed by atoms with E-state index in [4.69, 9.17) is 4.52 Å². The molecule has 2 aromatic heterocycles. The number of H-pyrrole nitrogens is 1. The molecule has 0 spiro atoms. The van der Waals surface area contributed by atoms with E-state index in [2.05, 4.69) is 57.0 Å². The number of benzene rings is 2. The zero-order valence-electron chi connectivity index (χ0n) is 23.6. The maximum Gasteiger partial charge on any atom is 0.439 e. The van der Waals surface area contributed by atoms with Gasteiger partial charge in [0.15, 0.2) is 5.82 Å². The Hall–Kier alpha value is -3.65. The van der Waals surface area contributed by atoms with Crippen molar-refractivity contribution in [1.29, 1.82) is 0 Å². The van der Waals surface area contributed by atoms with Gasteiger partial charge in [0.25, 0.3) is 0 Å². The monoisotopic (exact) mass is 541 g/mol. The maximum atomic E-state index is 13.9. The van der Waals surface area contributed by atoms with E-state index >= 15 is 0 Å². The molecule has 1 atom stereocenters. The van der Waals surface area contributed by atoms with Crippen LogP contribution in [0.4, 0.5) is 0 Å². The predicted octanol–water partition coefficient (Wildman–Crippen LogP) is 5.50. The molecule has 2 fully saturated rings. The average Bonchev–Trinajstić information content (AvgIpc) is 3.55. The van der Waals surface area contributed by atoms with E-state index in [1.807, 2.05) is 30.1 Å². The molecule has 2 aromatic carbocycles. The summed E-state index contributed by atoms with van der Waals surface area (Å²) in [7, 11) is 4.11. The lowest BCUT2D eigenvalue weighted by atomic mass is 9.82. The maximum absolute atomic E-state index is 13.9. The van der Waals surface area contributed by atoms with Gasteiger partial charge in [-0.05, 0) is 68.3 Å². The Bertz CT molecular complexity index is 1530. The molecule has 1 aliphatic carbocycles. The van der Waals surface area contributed by atoms with Crippen molar-refractivity contribution >= 4 is 16.8 Å². The fourth-order valence-corrected chi connectivity index (χ4v) is 6.92. The number of aromatic amines is 1. The van der Waals surface area contributed by atoms with E-state index in [-0.39, 0.29) is 12.5 Å². The summed E-state index contributed by atoms with van der Waals surface area (Å²) in [5.41, 5.74) is 5.34. The Morgan fingerprint density at radius 2 is 1.85 bits per heavy atom. The second kappa shape index (κ2) is 11.5. The number of carbonyl (C=O) groups is 1. The number of aromatic nitrogens is 3. The highest BCUT2D eigenvalue weighted by Crippen LogP contribution is 2.44. The molecule has 1 saturated carbocycles. The van der Waals surface area contributed by atoms with Gasteiger partial charge < -0.3 is 14.4 Å². The minimum absolute atomic E-state index is 0.109. The Labute approximate surface area is 235 Å². The lowest BCUT2D eigenvalue weighted by molar-refractivity contribution is -0.131. The summed E-state index contributed by atoms with van der Waals surface area (Å²) in [6, 6.07) is 16.7. The molecule has 6 rings (SSSR count). The molecule has 1 unspecified atom stereocenters. The number of hydrogen-bond acceptors (Lipinski definition) is 5. The highest BCUT2D eigenvalue weighted by Gasteiger charge is 2.29. The summed E-state index contributed by atoms with van der Waals surface area (Å²) in [5, 5.41) is 5.10. The van der Waals surface area contributed by atoms with Gasteiger partial charge in [0.05, 0.1) is 11.2 Å². The molecule has 3 heterocycles. The SMILES string of the molecule is CN1CCCC(CN(C)C(=O)Cn2c(-c3ccccc3)c(C3CCCCC3)c3ccc(-c4noc(=O)[nH]4)cc32)C1. The quantitative estimate of drug-likeness (QED) is 0.334. The van der Waals surface area contributed by atoms with E-state index in [0.717, 1.165) is 61.2 Å². The summed E-state index contributed by atoms with van der Waals surface area (Å²) in [6.07, 6.45) is 8.37. The topological polar surface area (TPSA) is 87.4 Å². The molecule has 0 radical (unpaired) electrons. The van der Waals surface area contributed by atoms with Gasteiger partial charge in [0, 0.05) is 31.1 Å². The van der Waals surface area contributed by atoms with Crippen molar-refractivity contribution in [2.45, 2.75) is 57.4 Å². The summed E-state index contributed by atoms with van der Waals surface area (Å²) in [5.74, 6) is 0.860. The number of amides is 1. The van der Waals surface area contributed by atoms with Gasteiger partial charge in [-0.2, -0.15) is 0 Å². The number of hydrogen-bond donors (Lipinski definition) is 1. The number of piperidine rings is 1. The number of carbonyl (C=O) groups excluding carboxylic acids is 1. The Balaban J connectivity index is 1.46. The van der Waals surface area contributed by atoms with Crippen molar-refractivity contribution in [2.24, 2.45) is 5.92 Å². The first kappa shape index (κ1) is 26.6. The molecular formula is C32H39N5O3. The van der Waals surface area contributed by atoms with E-state index in [0.29, 0.717) is 17.7 Å². The van der Waals surface area contributed by atoms with E-state index in [1.165, 1.54) is 36.6 Å². The highest BCUT2D eigenvalue weighted by atomic mass is 16.5. The van der Waals surface area contributed by atoms with Gasteiger partial charge in [-0.15, -0.1) is 0 Å². The number of likely N-dealkylation sites (N-methyl/N-ethyl adjacent to an activating group) is 1. The third-order valence-corrected chi connectivity index (χ3v) is 8.85. The Morgan fingerprint density at radius 1 is 1.05 bits per heavy atom.